The monoisotopic (exact) mass is 626 g/mol. The maximum atomic E-state index is 12.3. The van der Waals surface area contributed by atoms with Crippen LogP contribution in [0.2, 0.25) is 9.49 Å². The molecule has 3 aromatic rings. The third-order valence-electron chi connectivity index (χ3n) is 5.39. The van der Waals surface area contributed by atoms with E-state index >= 15 is 0 Å². The Morgan fingerprint density at radius 1 is 1.15 bits per heavy atom. The molecular formula is C23H20Cl2N6O7S2. The molecule has 0 saturated carbocycles. The van der Waals surface area contributed by atoms with E-state index in [1.807, 2.05) is 6.07 Å². The van der Waals surface area contributed by atoms with Crippen molar-refractivity contribution in [3.05, 3.63) is 39.0 Å². The number of nitriles is 1. The maximum absolute atomic E-state index is 12.3. The predicted molar refractivity (Wildman–Crippen MR) is 141 cm³/mol. The lowest BCUT2D eigenvalue weighted by molar-refractivity contribution is -0.212. The summed E-state index contributed by atoms with van der Waals surface area (Å²) in [7, 11) is 0. The van der Waals surface area contributed by atoms with Gasteiger partial charge in [0.05, 0.1) is 11.2 Å². The van der Waals surface area contributed by atoms with Gasteiger partial charge in [0.25, 0.3) is 0 Å². The zero-order valence-electron chi connectivity index (χ0n) is 21.0. The van der Waals surface area contributed by atoms with Gasteiger partial charge < -0.3 is 18.9 Å². The number of ether oxygens (including phenoxy) is 4. The van der Waals surface area contributed by atoms with Crippen LogP contribution in [0.25, 0.3) is 11.4 Å². The molecule has 4 heterocycles. The Kier molecular flexibility index (Phi) is 9.59. The summed E-state index contributed by atoms with van der Waals surface area (Å²) in [6.07, 6.45) is -0.499. The molecule has 13 nitrogen and oxygen atoms in total. The van der Waals surface area contributed by atoms with E-state index in [1.165, 1.54) is 55.2 Å². The van der Waals surface area contributed by atoms with Gasteiger partial charge in [-0.1, -0.05) is 40.2 Å². The van der Waals surface area contributed by atoms with Crippen molar-refractivity contribution >= 4 is 64.2 Å². The van der Waals surface area contributed by atoms with Gasteiger partial charge in [0, 0.05) is 37.2 Å². The van der Waals surface area contributed by atoms with Crippen LogP contribution in [0.5, 0.6) is 0 Å². The van der Waals surface area contributed by atoms with E-state index < -0.39 is 47.7 Å². The highest BCUT2D eigenvalue weighted by Crippen LogP contribution is 2.42. The van der Waals surface area contributed by atoms with E-state index in [1.54, 1.807) is 5.38 Å². The van der Waals surface area contributed by atoms with Crippen LogP contribution in [-0.4, -0.2) is 73.2 Å². The highest BCUT2D eigenvalue weighted by atomic mass is 35.5. The number of esters is 3. The average molecular weight is 627 g/mol. The Balaban J connectivity index is 1.82. The molecule has 0 spiro atoms. The van der Waals surface area contributed by atoms with Crippen molar-refractivity contribution in [2.75, 3.05) is 6.61 Å². The molecule has 3 aromatic heterocycles. The van der Waals surface area contributed by atoms with Gasteiger partial charge in [-0.15, -0.1) is 16.4 Å². The third-order valence-corrected chi connectivity index (χ3v) is 7.76. The number of aromatic nitrogens is 5. The molecular weight excluding hydrogens is 607 g/mol. The van der Waals surface area contributed by atoms with Gasteiger partial charge in [-0.25, -0.2) is 14.6 Å². The van der Waals surface area contributed by atoms with Crippen LogP contribution >= 0.6 is 46.3 Å². The first kappa shape index (κ1) is 29.7. The van der Waals surface area contributed by atoms with E-state index in [4.69, 9.17) is 42.1 Å². The fourth-order valence-corrected chi connectivity index (χ4v) is 6.09. The van der Waals surface area contributed by atoms with Crippen molar-refractivity contribution in [2.45, 2.75) is 55.5 Å². The van der Waals surface area contributed by atoms with Gasteiger partial charge in [-0.05, 0) is 6.07 Å². The number of thiazole rings is 1. The van der Waals surface area contributed by atoms with Crippen LogP contribution in [0.1, 0.15) is 32.5 Å². The molecule has 3 unspecified atom stereocenters. The number of rotatable bonds is 8. The van der Waals surface area contributed by atoms with Crippen molar-refractivity contribution < 1.29 is 33.3 Å². The lowest BCUT2D eigenvalue weighted by Gasteiger charge is -2.44. The van der Waals surface area contributed by atoms with Crippen molar-refractivity contribution in [2.24, 2.45) is 0 Å². The number of hydrogen-bond acceptors (Lipinski definition) is 14. The minimum Gasteiger partial charge on any atom is -0.463 e. The Morgan fingerprint density at radius 3 is 2.50 bits per heavy atom. The molecule has 5 atom stereocenters. The number of thioether (sulfide) groups is 1. The number of carbonyl (C=O) groups excluding carboxylic acids is 3. The van der Waals surface area contributed by atoms with E-state index in [-0.39, 0.29) is 17.3 Å². The quantitative estimate of drug-likeness (QED) is 0.263. The number of halogens is 2. The molecule has 40 heavy (non-hydrogen) atoms. The predicted octanol–water partition coefficient (Wildman–Crippen LogP) is 3.46. The largest absolute Gasteiger partial charge is 0.463 e. The molecule has 0 N–H and O–H groups in total. The summed E-state index contributed by atoms with van der Waals surface area (Å²) in [6.45, 7) is 3.31. The second kappa shape index (κ2) is 12.9. The van der Waals surface area contributed by atoms with Gasteiger partial charge in [-0.3, -0.25) is 14.4 Å². The normalized spacial score (nSPS) is 22.2. The van der Waals surface area contributed by atoms with E-state index in [9.17, 15) is 19.6 Å². The topological polar surface area (TPSA) is 168 Å². The number of nitrogens with zero attached hydrogens (tertiary/aromatic N) is 6. The molecule has 0 radical (unpaired) electrons. The molecule has 17 heteroatoms. The molecule has 0 bridgehead atoms. The fourth-order valence-electron chi connectivity index (χ4n) is 3.91. The summed E-state index contributed by atoms with van der Waals surface area (Å²) in [6, 6.07) is 2.48. The zero-order valence-corrected chi connectivity index (χ0v) is 24.2. The fraction of sp³-hybridized carbons (Fsp3) is 0.391. The minimum absolute atomic E-state index is 0.0539. The first-order valence-electron chi connectivity index (χ1n) is 11.4. The molecule has 1 saturated heterocycles. The Morgan fingerprint density at radius 2 is 1.88 bits per heavy atom. The van der Waals surface area contributed by atoms with Crippen molar-refractivity contribution in [3.8, 4) is 17.5 Å². The number of hydrogen-bond donors (Lipinski definition) is 0. The number of carbonyl (C=O) groups is 3. The van der Waals surface area contributed by atoms with Crippen LogP contribution in [-0.2, 0) is 33.3 Å². The molecule has 0 amide bonds. The van der Waals surface area contributed by atoms with Gasteiger partial charge in [0.15, 0.2) is 22.4 Å². The second-order valence-corrected chi connectivity index (χ2v) is 11.3. The van der Waals surface area contributed by atoms with Crippen molar-refractivity contribution in [1.82, 2.24) is 25.0 Å². The Bertz CT molecular complexity index is 1460. The second-order valence-electron chi connectivity index (χ2n) is 8.28. The molecule has 210 valence electrons. The van der Waals surface area contributed by atoms with Crippen molar-refractivity contribution in [1.29, 1.82) is 5.26 Å². The standard InChI is InChI=1S/C23H20Cl2N6O7S2/c1-10(32)35-8-17-20(36-11(2)33)19(31-7-15(29-30-31)16-9-39-23(25)28-16)21(37-12(3)34)22(38-17)40-18-4-13(24)6-27-14(18)5-26/h4,6-7,9,17,19-22H,8H2,1-3H3/t17?,19?,20-,21?,22+/m0/s1. The van der Waals surface area contributed by atoms with Gasteiger partial charge in [-0.2, -0.15) is 5.26 Å². The minimum atomic E-state index is -1.15. The SMILES string of the molecule is CC(=O)OCC1O[C@H](Sc2cc(Cl)cnc2C#N)C(OC(C)=O)C(n2cc(-c3csc(Cl)n3)nn2)[C@H]1OC(C)=O. The summed E-state index contributed by atoms with van der Waals surface area (Å²) in [4.78, 5) is 44.7. The van der Waals surface area contributed by atoms with Crippen LogP contribution in [0.3, 0.4) is 0 Å². The van der Waals surface area contributed by atoms with Crippen LogP contribution in [0, 0.1) is 11.3 Å². The lowest BCUT2D eigenvalue weighted by Crippen LogP contribution is -2.57. The van der Waals surface area contributed by atoms with Crippen LogP contribution in [0.4, 0.5) is 0 Å². The van der Waals surface area contributed by atoms with E-state index in [0.717, 1.165) is 11.8 Å². The zero-order chi connectivity index (χ0) is 29.0. The van der Waals surface area contributed by atoms with Crippen LogP contribution in [0.15, 0.2) is 28.7 Å². The van der Waals surface area contributed by atoms with Gasteiger partial charge in [0.1, 0.15) is 41.6 Å². The Hall–Kier alpha value is -3.29. The maximum Gasteiger partial charge on any atom is 0.303 e. The van der Waals surface area contributed by atoms with E-state index in [2.05, 4.69) is 20.3 Å². The van der Waals surface area contributed by atoms with Gasteiger partial charge in [0.2, 0.25) is 0 Å². The highest BCUT2D eigenvalue weighted by molar-refractivity contribution is 7.99. The van der Waals surface area contributed by atoms with E-state index in [0.29, 0.717) is 20.8 Å². The summed E-state index contributed by atoms with van der Waals surface area (Å²) in [5.41, 5.74) is -0.176. The van der Waals surface area contributed by atoms with Crippen molar-refractivity contribution in [3.63, 3.8) is 0 Å². The average Bonchev–Trinajstić information content (AvgIpc) is 3.53. The molecule has 1 fully saturated rings. The lowest BCUT2D eigenvalue weighted by atomic mass is 9.96. The first-order chi connectivity index (χ1) is 19.0. The smallest absolute Gasteiger partial charge is 0.303 e. The van der Waals surface area contributed by atoms with Gasteiger partial charge >= 0.3 is 17.9 Å². The summed E-state index contributed by atoms with van der Waals surface area (Å²) >= 11 is 14.3. The third kappa shape index (κ3) is 7.07. The summed E-state index contributed by atoms with van der Waals surface area (Å²) in [5.74, 6) is -1.93. The van der Waals surface area contributed by atoms with Crippen LogP contribution < -0.4 is 0 Å². The summed E-state index contributed by atoms with van der Waals surface area (Å²) in [5, 5.41) is 19.9. The number of pyridine rings is 1. The Labute approximate surface area is 245 Å². The highest BCUT2D eigenvalue weighted by Gasteiger charge is 2.52. The molecule has 0 aliphatic carbocycles. The molecule has 1 aliphatic rings. The molecule has 0 aromatic carbocycles. The molecule has 1 aliphatic heterocycles. The first-order valence-corrected chi connectivity index (χ1v) is 14.0. The molecule has 4 rings (SSSR count). The summed E-state index contributed by atoms with van der Waals surface area (Å²) < 4.78 is 24.4.